The lowest BCUT2D eigenvalue weighted by Gasteiger charge is -2.20. The number of hydrogen-bond acceptors (Lipinski definition) is 5. The maximum absolute atomic E-state index is 13.1. The second-order valence-electron chi connectivity index (χ2n) is 5.84. The van der Waals surface area contributed by atoms with Crippen molar-refractivity contribution in [3.05, 3.63) is 30.1 Å². The van der Waals surface area contributed by atoms with E-state index in [2.05, 4.69) is 10.4 Å². The molecule has 3 rings (SSSR count). The molecule has 2 atom stereocenters. The minimum atomic E-state index is -0.765. The standard InChI is InChI=1S/C16H19FN4O3/c17-10-3-5-11(6-4-10)21-14(15(18)22)8-13(20-21)16(23)19-9-12-2-1-7-24-12/h3-6,12,14H,1-2,7-9H2,(H2,18,22)(H,19,23)/t12-,14-/m0/s1. The summed E-state index contributed by atoms with van der Waals surface area (Å²) in [5, 5.41) is 8.35. The highest BCUT2D eigenvalue weighted by molar-refractivity contribution is 6.40. The molecule has 2 amide bonds. The van der Waals surface area contributed by atoms with Gasteiger partial charge in [0, 0.05) is 19.6 Å². The monoisotopic (exact) mass is 334 g/mol. The molecule has 24 heavy (non-hydrogen) atoms. The van der Waals surface area contributed by atoms with Gasteiger partial charge in [0.15, 0.2) is 0 Å². The first kappa shape index (κ1) is 16.4. The van der Waals surface area contributed by atoms with Crippen molar-refractivity contribution in [1.29, 1.82) is 0 Å². The minimum Gasteiger partial charge on any atom is -0.376 e. The molecule has 1 aromatic carbocycles. The van der Waals surface area contributed by atoms with Gasteiger partial charge >= 0.3 is 0 Å². The fourth-order valence-corrected chi connectivity index (χ4v) is 2.81. The van der Waals surface area contributed by atoms with Crippen LogP contribution in [0.2, 0.25) is 0 Å². The summed E-state index contributed by atoms with van der Waals surface area (Å²) in [6.07, 6.45) is 2.04. The van der Waals surface area contributed by atoms with Crippen molar-refractivity contribution in [2.75, 3.05) is 18.2 Å². The number of halogens is 1. The number of benzene rings is 1. The number of anilines is 1. The summed E-state index contributed by atoms with van der Waals surface area (Å²) in [5.74, 6) is -1.33. The van der Waals surface area contributed by atoms with Gasteiger partial charge in [0.1, 0.15) is 17.6 Å². The molecule has 2 aliphatic heterocycles. The van der Waals surface area contributed by atoms with Gasteiger partial charge in [0.05, 0.1) is 11.8 Å². The average Bonchev–Trinajstić information content (AvgIpc) is 3.23. The van der Waals surface area contributed by atoms with Crippen molar-refractivity contribution >= 4 is 23.2 Å². The van der Waals surface area contributed by atoms with Crippen LogP contribution in [0.15, 0.2) is 29.4 Å². The molecule has 0 bridgehead atoms. The van der Waals surface area contributed by atoms with Gasteiger partial charge in [-0.1, -0.05) is 0 Å². The Morgan fingerprint density at radius 1 is 1.38 bits per heavy atom. The van der Waals surface area contributed by atoms with E-state index in [1.165, 1.54) is 29.3 Å². The van der Waals surface area contributed by atoms with E-state index in [0.29, 0.717) is 18.8 Å². The van der Waals surface area contributed by atoms with Crippen LogP contribution in [0.3, 0.4) is 0 Å². The number of nitrogens with two attached hydrogens (primary N) is 1. The summed E-state index contributed by atoms with van der Waals surface area (Å²) in [6, 6.07) is 4.74. The zero-order valence-corrected chi connectivity index (χ0v) is 13.1. The van der Waals surface area contributed by atoms with Gasteiger partial charge in [-0.3, -0.25) is 14.6 Å². The van der Waals surface area contributed by atoms with Gasteiger partial charge in [0.25, 0.3) is 5.91 Å². The zero-order chi connectivity index (χ0) is 17.1. The van der Waals surface area contributed by atoms with Crippen LogP contribution in [-0.2, 0) is 14.3 Å². The normalized spacial score (nSPS) is 23.2. The second-order valence-corrected chi connectivity index (χ2v) is 5.84. The molecule has 7 nitrogen and oxygen atoms in total. The number of rotatable bonds is 5. The molecule has 0 spiro atoms. The third-order valence-corrected chi connectivity index (χ3v) is 4.11. The van der Waals surface area contributed by atoms with Crippen LogP contribution in [0.25, 0.3) is 0 Å². The van der Waals surface area contributed by atoms with E-state index in [0.717, 1.165) is 12.8 Å². The summed E-state index contributed by atoms with van der Waals surface area (Å²) in [6.45, 7) is 1.12. The van der Waals surface area contributed by atoms with Crippen molar-refractivity contribution in [2.45, 2.75) is 31.4 Å². The molecule has 3 N–H and O–H groups in total. The molecule has 1 aromatic rings. The van der Waals surface area contributed by atoms with Gasteiger partial charge in [0.2, 0.25) is 5.91 Å². The largest absolute Gasteiger partial charge is 0.376 e. The van der Waals surface area contributed by atoms with Crippen LogP contribution >= 0.6 is 0 Å². The summed E-state index contributed by atoms with van der Waals surface area (Å²) in [4.78, 5) is 23.9. The Morgan fingerprint density at radius 3 is 2.75 bits per heavy atom. The number of hydrazone groups is 1. The fourth-order valence-electron chi connectivity index (χ4n) is 2.81. The van der Waals surface area contributed by atoms with Crippen molar-refractivity contribution in [3.63, 3.8) is 0 Å². The molecular weight excluding hydrogens is 315 g/mol. The van der Waals surface area contributed by atoms with Crippen LogP contribution < -0.4 is 16.1 Å². The van der Waals surface area contributed by atoms with Crippen molar-refractivity contribution in [2.24, 2.45) is 10.8 Å². The number of ether oxygens (including phenoxy) is 1. The second kappa shape index (κ2) is 6.96. The number of amides is 2. The number of hydrogen-bond donors (Lipinski definition) is 2. The number of primary amides is 1. The van der Waals surface area contributed by atoms with E-state index in [-0.39, 0.29) is 24.1 Å². The first-order chi connectivity index (χ1) is 11.5. The Balaban J connectivity index is 1.70. The Kier molecular flexibility index (Phi) is 4.75. The predicted octanol–water partition coefficient (Wildman–Crippen LogP) is 0.541. The first-order valence-corrected chi connectivity index (χ1v) is 7.86. The molecule has 0 radical (unpaired) electrons. The lowest BCUT2D eigenvalue weighted by molar-refractivity contribution is -0.119. The smallest absolute Gasteiger partial charge is 0.267 e. The fraction of sp³-hybridized carbons (Fsp3) is 0.438. The average molecular weight is 334 g/mol. The number of nitrogens with one attached hydrogen (secondary N) is 1. The maximum atomic E-state index is 13.1. The van der Waals surface area contributed by atoms with Gasteiger partial charge in [-0.25, -0.2) is 4.39 Å². The number of carbonyl (C=O) groups is 2. The van der Waals surface area contributed by atoms with E-state index in [1.807, 2.05) is 0 Å². The maximum Gasteiger partial charge on any atom is 0.267 e. The summed E-state index contributed by atoms with van der Waals surface area (Å²) in [5.41, 5.74) is 6.14. The Morgan fingerprint density at radius 2 is 2.12 bits per heavy atom. The Bertz CT molecular complexity index is 656. The molecule has 0 unspecified atom stereocenters. The summed E-state index contributed by atoms with van der Waals surface area (Å²) >= 11 is 0. The minimum absolute atomic E-state index is 0.0242. The molecule has 1 fully saturated rings. The molecule has 2 aliphatic rings. The van der Waals surface area contributed by atoms with Crippen molar-refractivity contribution < 1.29 is 18.7 Å². The summed E-state index contributed by atoms with van der Waals surface area (Å²) in [7, 11) is 0. The molecule has 1 saturated heterocycles. The lowest BCUT2D eigenvalue weighted by atomic mass is 10.1. The zero-order valence-electron chi connectivity index (χ0n) is 13.1. The molecule has 0 aromatic heterocycles. The Labute approximate surface area is 138 Å². The number of nitrogens with zero attached hydrogens (tertiary/aromatic N) is 2. The predicted molar refractivity (Wildman–Crippen MR) is 85.9 cm³/mol. The highest BCUT2D eigenvalue weighted by atomic mass is 19.1. The molecule has 8 heteroatoms. The Hall–Kier alpha value is -2.48. The van der Waals surface area contributed by atoms with E-state index >= 15 is 0 Å². The van der Waals surface area contributed by atoms with Crippen LogP contribution in [0.4, 0.5) is 10.1 Å². The highest BCUT2D eigenvalue weighted by Crippen LogP contribution is 2.25. The number of carbonyl (C=O) groups excluding carboxylic acids is 2. The molecule has 2 heterocycles. The van der Waals surface area contributed by atoms with Gasteiger partial charge in [-0.15, -0.1) is 0 Å². The van der Waals surface area contributed by atoms with E-state index in [4.69, 9.17) is 10.5 Å². The molecule has 0 aliphatic carbocycles. The van der Waals surface area contributed by atoms with Gasteiger partial charge in [-0.2, -0.15) is 5.10 Å². The van der Waals surface area contributed by atoms with Crippen molar-refractivity contribution in [1.82, 2.24) is 5.32 Å². The highest BCUT2D eigenvalue weighted by Gasteiger charge is 2.35. The van der Waals surface area contributed by atoms with Crippen molar-refractivity contribution in [3.8, 4) is 0 Å². The van der Waals surface area contributed by atoms with Gasteiger partial charge in [-0.05, 0) is 37.1 Å². The molecular formula is C16H19FN4O3. The van der Waals surface area contributed by atoms with Crippen LogP contribution in [-0.4, -0.2) is 42.8 Å². The SMILES string of the molecule is NC(=O)[C@@H]1CC(C(=O)NC[C@@H]2CCCO2)=NN1c1ccc(F)cc1. The first-order valence-electron chi connectivity index (χ1n) is 7.86. The topological polar surface area (TPSA) is 97.0 Å². The third-order valence-electron chi connectivity index (χ3n) is 4.11. The molecule has 128 valence electrons. The van der Waals surface area contributed by atoms with Crippen LogP contribution in [0.5, 0.6) is 0 Å². The van der Waals surface area contributed by atoms with E-state index in [9.17, 15) is 14.0 Å². The third kappa shape index (κ3) is 3.53. The summed E-state index contributed by atoms with van der Waals surface area (Å²) < 4.78 is 18.5. The molecule has 0 saturated carbocycles. The van der Waals surface area contributed by atoms with Crippen LogP contribution in [0.1, 0.15) is 19.3 Å². The quantitative estimate of drug-likeness (QED) is 0.821. The van der Waals surface area contributed by atoms with Gasteiger partial charge < -0.3 is 15.8 Å². The lowest BCUT2D eigenvalue weighted by Crippen LogP contribution is -2.40. The van der Waals surface area contributed by atoms with E-state index < -0.39 is 17.8 Å². The van der Waals surface area contributed by atoms with Crippen LogP contribution in [0, 0.1) is 5.82 Å². The van der Waals surface area contributed by atoms with E-state index in [1.54, 1.807) is 0 Å².